The van der Waals surface area contributed by atoms with E-state index < -0.39 is 6.29 Å². The zero-order valence-corrected chi connectivity index (χ0v) is 24.5. The van der Waals surface area contributed by atoms with Gasteiger partial charge in [0.2, 0.25) is 5.91 Å². The summed E-state index contributed by atoms with van der Waals surface area (Å²) < 4.78 is 19.3. The Morgan fingerprint density at radius 1 is 0.884 bits per heavy atom. The van der Waals surface area contributed by atoms with Gasteiger partial charge < -0.3 is 24.3 Å². The third-order valence-corrected chi connectivity index (χ3v) is 8.14. The van der Waals surface area contributed by atoms with Gasteiger partial charge in [0.25, 0.3) is 5.22 Å². The maximum Gasteiger partial charge on any atom is 0.256 e. The summed E-state index contributed by atoms with van der Waals surface area (Å²) >= 11 is 1.51. The van der Waals surface area contributed by atoms with Gasteiger partial charge in [-0.25, -0.2) is 4.98 Å². The molecule has 4 aromatic carbocycles. The van der Waals surface area contributed by atoms with Crippen molar-refractivity contribution in [2.75, 3.05) is 11.1 Å². The van der Waals surface area contributed by atoms with Crippen LogP contribution in [0.15, 0.2) is 119 Å². The number of hydrogen-bond donors (Lipinski definition) is 2. The zero-order chi connectivity index (χ0) is 29.6. The van der Waals surface area contributed by atoms with Crippen LogP contribution in [0.1, 0.15) is 42.4 Å². The third-order valence-electron chi connectivity index (χ3n) is 7.18. The number of carbonyl (C=O) groups excluding carboxylic acids is 1. The van der Waals surface area contributed by atoms with Gasteiger partial charge in [-0.3, -0.25) is 4.79 Å². The Morgan fingerprint density at radius 2 is 1.60 bits per heavy atom. The molecule has 0 aliphatic carbocycles. The first-order valence-electron chi connectivity index (χ1n) is 14.2. The maximum absolute atomic E-state index is 11.7. The van der Waals surface area contributed by atoms with E-state index in [1.165, 1.54) is 18.7 Å². The highest BCUT2D eigenvalue weighted by atomic mass is 32.2. The SMILES string of the molecule is CC(=O)Nc1cccc([C@@H]2O[C@H](CSc3nc(-c4ccccc4)c(-c4ccccc4)o3)C[C@H](c3ccc(CO)cc3)O2)c1. The molecular formula is C35H32N2O5S. The minimum atomic E-state index is -0.639. The molecule has 2 heterocycles. The molecule has 1 fully saturated rings. The fourth-order valence-electron chi connectivity index (χ4n) is 5.09. The van der Waals surface area contributed by atoms with Gasteiger partial charge >= 0.3 is 0 Å². The van der Waals surface area contributed by atoms with Crippen LogP contribution in [0.3, 0.4) is 0 Å². The predicted octanol–water partition coefficient (Wildman–Crippen LogP) is 7.80. The van der Waals surface area contributed by atoms with Gasteiger partial charge in [-0.05, 0) is 23.3 Å². The van der Waals surface area contributed by atoms with Gasteiger partial charge in [-0.15, -0.1) is 0 Å². The molecule has 6 rings (SSSR count). The van der Waals surface area contributed by atoms with E-state index in [0.29, 0.717) is 23.1 Å². The quantitative estimate of drug-likeness (QED) is 0.169. The van der Waals surface area contributed by atoms with Gasteiger partial charge in [0.1, 0.15) is 5.69 Å². The van der Waals surface area contributed by atoms with E-state index in [1.54, 1.807) is 0 Å². The fourth-order valence-corrected chi connectivity index (χ4v) is 5.93. The van der Waals surface area contributed by atoms with Gasteiger partial charge in [0.15, 0.2) is 12.1 Å². The topological polar surface area (TPSA) is 93.8 Å². The molecule has 0 unspecified atom stereocenters. The van der Waals surface area contributed by atoms with Crippen LogP contribution in [-0.4, -0.2) is 27.9 Å². The number of anilines is 1. The Kier molecular flexibility index (Phi) is 9.00. The molecule has 5 aromatic rings. The maximum atomic E-state index is 11.7. The molecule has 0 spiro atoms. The first-order chi connectivity index (χ1) is 21.1. The summed E-state index contributed by atoms with van der Waals surface area (Å²) in [5, 5.41) is 12.9. The molecule has 1 amide bonds. The average Bonchev–Trinajstić information content (AvgIpc) is 3.49. The number of aromatic nitrogens is 1. The van der Waals surface area contributed by atoms with E-state index in [-0.39, 0.29) is 24.7 Å². The number of aliphatic hydroxyl groups excluding tert-OH is 1. The molecule has 3 atom stereocenters. The van der Waals surface area contributed by atoms with Gasteiger partial charge in [0.05, 0.1) is 18.8 Å². The van der Waals surface area contributed by atoms with Crippen molar-refractivity contribution in [2.24, 2.45) is 0 Å². The van der Waals surface area contributed by atoms with E-state index in [0.717, 1.165) is 39.3 Å². The molecule has 0 radical (unpaired) electrons. The summed E-state index contributed by atoms with van der Waals surface area (Å²) in [5.74, 6) is 1.19. The highest BCUT2D eigenvalue weighted by Crippen LogP contribution is 2.41. The van der Waals surface area contributed by atoms with Crippen LogP contribution in [0.2, 0.25) is 0 Å². The van der Waals surface area contributed by atoms with Crippen LogP contribution in [0, 0.1) is 0 Å². The summed E-state index contributed by atoms with van der Waals surface area (Å²) in [6.07, 6.45) is -0.417. The number of ether oxygens (including phenoxy) is 2. The molecule has 43 heavy (non-hydrogen) atoms. The first kappa shape index (κ1) is 28.9. The lowest BCUT2D eigenvalue weighted by Crippen LogP contribution is -2.31. The summed E-state index contributed by atoms with van der Waals surface area (Å²) in [6.45, 7) is 1.47. The van der Waals surface area contributed by atoms with E-state index in [2.05, 4.69) is 5.32 Å². The lowest BCUT2D eigenvalue weighted by Gasteiger charge is -2.36. The fraction of sp³-hybridized carbons (Fsp3) is 0.200. The monoisotopic (exact) mass is 592 g/mol. The lowest BCUT2D eigenvalue weighted by molar-refractivity contribution is -0.245. The number of carbonyl (C=O) groups is 1. The highest BCUT2D eigenvalue weighted by molar-refractivity contribution is 7.99. The Labute approximate surface area is 254 Å². The van der Waals surface area contributed by atoms with E-state index in [1.807, 2.05) is 109 Å². The number of rotatable bonds is 9. The van der Waals surface area contributed by atoms with Crippen molar-refractivity contribution in [2.45, 2.75) is 43.7 Å². The number of hydrogen-bond acceptors (Lipinski definition) is 7. The summed E-state index contributed by atoms with van der Waals surface area (Å²) in [5.41, 5.74) is 6.10. The molecule has 218 valence electrons. The molecular weight excluding hydrogens is 560 g/mol. The van der Waals surface area contributed by atoms with Gasteiger partial charge in [-0.1, -0.05) is 109 Å². The number of oxazole rings is 1. The van der Waals surface area contributed by atoms with Crippen LogP contribution in [0.25, 0.3) is 22.6 Å². The number of thioether (sulfide) groups is 1. The van der Waals surface area contributed by atoms with Crippen molar-refractivity contribution in [1.82, 2.24) is 4.98 Å². The molecule has 1 aromatic heterocycles. The number of benzene rings is 4. The smallest absolute Gasteiger partial charge is 0.256 e. The van der Waals surface area contributed by atoms with Crippen LogP contribution in [0.4, 0.5) is 5.69 Å². The first-order valence-corrected chi connectivity index (χ1v) is 15.2. The Hall–Kier alpha value is -4.21. The van der Waals surface area contributed by atoms with E-state index in [9.17, 15) is 9.90 Å². The van der Waals surface area contributed by atoms with E-state index in [4.69, 9.17) is 18.9 Å². The number of nitrogens with one attached hydrogen (secondary N) is 1. The van der Waals surface area contributed by atoms with Crippen molar-refractivity contribution in [3.63, 3.8) is 0 Å². The second-order valence-electron chi connectivity index (χ2n) is 10.4. The van der Waals surface area contributed by atoms with Crippen molar-refractivity contribution in [3.8, 4) is 22.6 Å². The standard InChI is InChI=1S/C35H32N2O5S/c1-23(39)36-29-14-8-13-28(19-29)34-40-30(20-31(41-34)25-17-15-24(21-38)16-18-25)22-43-35-37-32(26-9-4-2-5-10-26)33(42-35)27-11-6-3-7-12-27/h2-19,30-31,34,38H,20-22H2,1H3,(H,36,39)/t30-,31+,34+/m0/s1. The minimum Gasteiger partial charge on any atom is -0.431 e. The molecule has 1 aliphatic rings. The highest BCUT2D eigenvalue weighted by Gasteiger charge is 2.33. The Morgan fingerprint density at radius 3 is 2.30 bits per heavy atom. The molecule has 0 bridgehead atoms. The summed E-state index contributed by atoms with van der Waals surface area (Å²) in [6, 6.07) is 35.4. The normalized spacial score (nSPS) is 18.3. The molecule has 2 N–H and O–H groups in total. The van der Waals surface area contributed by atoms with Gasteiger partial charge in [-0.2, -0.15) is 0 Å². The van der Waals surface area contributed by atoms with E-state index >= 15 is 0 Å². The number of aliphatic hydroxyl groups is 1. The second kappa shape index (κ2) is 13.4. The summed E-state index contributed by atoms with van der Waals surface area (Å²) in [7, 11) is 0. The van der Waals surface area contributed by atoms with Crippen LogP contribution >= 0.6 is 11.8 Å². The van der Waals surface area contributed by atoms with Crippen LogP contribution in [0.5, 0.6) is 0 Å². The van der Waals surface area contributed by atoms with Crippen molar-refractivity contribution in [1.29, 1.82) is 0 Å². The number of nitrogens with zero attached hydrogens (tertiary/aromatic N) is 1. The van der Waals surface area contributed by atoms with Crippen molar-refractivity contribution in [3.05, 3.63) is 126 Å². The molecule has 1 saturated heterocycles. The molecule has 1 aliphatic heterocycles. The van der Waals surface area contributed by atoms with Crippen molar-refractivity contribution >= 4 is 23.4 Å². The largest absolute Gasteiger partial charge is 0.431 e. The van der Waals surface area contributed by atoms with Gasteiger partial charge in [0, 0.05) is 41.5 Å². The Balaban J connectivity index is 1.26. The third kappa shape index (κ3) is 7.06. The van der Waals surface area contributed by atoms with Crippen LogP contribution < -0.4 is 5.32 Å². The zero-order valence-electron chi connectivity index (χ0n) is 23.7. The minimum absolute atomic E-state index is 0.0150. The summed E-state index contributed by atoms with van der Waals surface area (Å²) in [4.78, 5) is 16.6. The number of amides is 1. The van der Waals surface area contributed by atoms with Crippen molar-refractivity contribution < 1.29 is 23.8 Å². The molecule has 0 saturated carbocycles. The molecule has 7 nitrogen and oxygen atoms in total. The lowest BCUT2D eigenvalue weighted by atomic mass is 10.0. The average molecular weight is 593 g/mol. The second-order valence-corrected chi connectivity index (χ2v) is 11.3. The Bertz CT molecular complexity index is 1600. The molecule has 8 heteroatoms. The predicted molar refractivity (Wildman–Crippen MR) is 167 cm³/mol. The van der Waals surface area contributed by atoms with Crippen LogP contribution in [-0.2, 0) is 20.9 Å².